The van der Waals surface area contributed by atoms with Crippen molar-refractivity contribution in [3.05, 3.63) is 77.5 Å². The summed E-state index contributed by atoms with van der Waals surface area (Å²) in [6, 6.07) is 19.9. The van der Waals surface area contributed by atoms with Gasteiger partial charge in [0, 0.05) is 30.4 Å². The molecular formula is C24H22N4O2. The monoisotopic (exact) mass is 398 g/mol. The number of amides is 1. The summed E-state index contributed by atoms with van der Waals surface area (Å²) in [6.45, 7) is 4.00. The number of para-hydroxylation sites is 1. The van der Waals surface area contributed by atoms with Crippen molar-refractivity contribution >= 4 is 12.0 Å². The highest BCUT2D eigenvalue weighted by Crippen LogP contribution is 2.26. The van der Waals surface area contributed by atoms with Crippen LogP contribution in [0.2, 0.25) is 0 Å². The molecule has 1 saturated heterocycles. The van der Waals surface area contributed by atoms with Crippen LogP contribution in [-0.2, 0) is 9.53 Å². The van der Waals surface area contributed by atoms with Crippen LogP contribution in [-0.4, -0.2) is 46.9 Å². The van der Waals surface area contributed by atoms with E-state index in [2.05, 4.69) is 6.07 Å². The minimum atomic E-state index is -0.275. The topological polar surface area (TPSA) is 71.2 Å². The van der Waals surface area contributed by atoms with Crippen LogP contribution in [0, 0.1) is 18.3 Å². The van der Waals surface area contributed by atoms with Crippen LogP contribution in [0.15, 0.2) is 66.4 Å². The summed E-state index contributed by atoms with van der Waals surface area (Å²) in [5, 5.41) is 14.4. The molecule has 0 radical (unpaired) electrons. The lowest BCUT2D eigenvalue weighted by atomic mass is 10.0. The van der Waals surface area contributed by atoms with E-state index in [1.165, 1.54) is 0 Å². The zero-order chi connectivity index (χ0) is 20.9. The van der Waals surface area contributed by atoms with Gasteiger partial charge in [-0.15, -0.1) is 0 Å². The third-order valence-electron chi connectivity index (χ3n) is 5.04. The van der Waals surface area contributed by atoms with Gasteiger partial charge < -0.3 is 9.64 Å². The highest BCUT2D eigenvalue weighted by molar-refractivity contribution is 6.02. The molecule has 1 fully saturated rings. The molecule has 0 saturated carbocycles. The summed E-state index contributed by atoms with van der Waals surface area (Å²) in [7, 11) is 0. The number of aromatic nitrogens is 2. The predicted octanol–water partition coefficient (Wildman–Crippen LogP) is 3.61. The van der Waals surface area contributed by atoms with Gasteiger partial charge >= 0.3 is 0 Å². The lowest BCUT2D eigenvalue weighted by Crippen LogP contribution is -2.41. The van der Waals surface area contributed by atoms with Gasteiger partial charge in [-0.3, -0.25) is 4.79 Å². The van der Waals surface area contributed by atoms with E-state index in [1.54, 1.807) is 15.7 Å². The number of benzene rings is 2. The van der Waals surface area contributed by atoms with Gasteiger partial charge in [0.2, 0.25) is 0 Å². The number of nitrogens with zero attached hydrogens (tertiary/aromatic N) is 4. The number of ether oxygens (including phenoxy) is 1. The number of hydrogen-bond donors (Lipinski definition) is 0. The van der Waals surface area contributed by atoms with Crippen LogP contribution in [0.5, 0.6) is 0 Å². The number of nitriles is 1. The SMILES string of the molecule is Cc1ccc(-c2nn(-c3ccccc3)cc2/C=C(\C#N)C(=O)N2CCOCC2)cc1. The highest BCUT2D eigenvalue weighted by Gasteiger charge is 2.22. The van der Waals surface area contributed by atoms with Crippen molar-refractivity contribution in [3.63, 3.8) is 0 Å². The van der Waals surface area contributed by atoms with Crippen molar-refractivity contribution in [2.24, 2.45) is 0 Å². The highest BCUT2D eigenvalue weighted by atomic mass is 16.5. The average molecular weight is 398 g/mol. The van der Waals surface area contributed by atoms with Crippen molar-refractivity contribution in [3.8, 4) is 23.0 Å². The predicted molar refractivity (Wildman–Crippen MR) is 115 cm³/mol. The molecule has 0 aliphatic carbocycles. The summed E-state index contributed by atoms with van der Waals surface area (Å²) in [5.41, 5.74) is 4.53. The molecule has 0 unspecified atom stereocenters. The van der Waals surface area contributed by atoms with E-state index in [-0.39, 0.29) is 11.5 Å². The molecule has 30 heavy (non-hydrogen) atoms. The normalized spacial score (nSPS) is 14.4. The zero-order valence-corrected chi connectivity index (χ0v) is 16.8. The molecule has 1 amide bonds. The van der Waals surface area contributed by atoms with Gasteiger partial charge in [0.15, 0.2) is 0 Å². The van der Waals surface area contributed by atoms with Gasteiger partial charge in [-0.2, -0.15) is 10.4 Å². The van der Waals surface area contributed by atoms with Crippen molar-refractivity contribution in [1.82, 2.24) is 14.7 Å². The maximum absolute atomic E-state index is 12.9. The van der Waals surface area contributed by atoms with Gasteiger partial charge in [-0.05, 0) is 25.1 Å². The molecule has 0 spiro atoms. The van der Waals surface area contributed by atoms with Crippen molar-refractivity contribution in [2.45, 2.75) is 6.92 Å². The lowest BCUT2D eigenvalue weighted by Gasteiger charge is -2.26. The number of carbonyl (C=O) groups excluding carboxylic acids is 1. The largest absolute Gasteiger partial charge is 0.378 e. The van der Waals surface area contributed by atoms with Crippen LogP contribution in [0.25, 0.3) is 23.0 Å². The molecular weight excluding hydrogens is 376 g/mol. The van der Waals surface area contributed by atoms with Gasteiger partial charge in [0.05, 0.1) is 24.6 Å². The Balaban J connectivity index is 1.77. The van der Waals surface area contributed by atoms with E-state index in [0.29, 0.717) is 26.3 Å². The second-order valence-corrected chi connectivity index (χ2v) is 7.15. The Bertz CT molecular complexity index is 1100. The fraction of sp³-hybridized carbons (Fsp3) is 0.208. The van der Waals surface area contributed by atoms with Crippen LogP contribution in [0.3, 0.4) is 0 Å². The molecule has 150 valence electrons. The Morgan fingerprint density at radius 2 is 1.80 bits per heavy atom. The average Bonchev–Trinajstić information content (AvgIpc) is 3.22. The fourth-order valence-corrected chi connectivity index (χ4v) is 3.38. The third kappa shape index (κ3) is 4.17. The summed E-state index contributed by atoms with van der Waals surface area (Å²) >= 11 is 0. The zero-order valence-electron chi connectivity index (χ0n) is 16.8. The first kappa shape index (κ1) is 19.6. The Hall–Kier alpha value is -3.69. The second kappa shape index (κ2) is 8.76. The molecule has 3 aromatic rings. The minimum absolute atomic E-state index is 0.0953. The van der Waals surface area contributed by atoms with E-state index in [4.69, 9.17) is 9.84 Å². The van der Waals surface area contributed by atoms with Gasteiger partial charge in [0.25, 0.3) is 5.91 Å². The lowest BCUT2D eigenvalue weighted by molar-refractivity contribution is -0.130. The quantitative estimate of drug-likeness (QED) is 0.497. The Kier molecular flexibility index (Phi) is 5.73. The van der Waals surface area contributed by atoms with Crippen LogP contribution in [0.1, 0.15) is 11.1 Å². The number of morpholine rings is 1. The Morgan fingerprint density at radius 3 is 2.47 bits per heavy atom. The molecule has 1 aliphatic rings. The Labute approximate surface area is 175 Å². The first-order valence-electron chi connectivity index (χ1n) is 9.86. The van der Waals surface area contributed by atoms with Crippen LogP contribution >= 0.6 is 0 Å². The summed E-state index contributed by atoms with van der Waals surface area (Å²) in [4.78, 5) is 14.5. The molecule has 4 rings (SSSR count). The maximum Gasteiger partial charge on any atom is 0.264 e. The Morgan fingerprint density at radius 1 is 1.10 bits per heavy atom. The van der Waals surface area contributed by atoms with E-state index in [9.17, 15) is 10.1 Å². The molecule has 0 atom stereocenters. The van der Waals surface area contributed by atoms with E-state index < -0.39 is 0 Å². The van der Waals surface area contributed by atoms with Crippen LogP contribution in [0.4, 0.5) is 0 Å². The number of aryl methyl sites for hydroxylation is 1. The van der Waals surface area contributed by atoms with E-state index >= 15 is 0 Å². The van der Waals surface area contributed by atoms with Gasteiger partial charge in [-0.25, -0.2) is 4.68 Å². The van der Waals surface area contributed by atoms with E-state index in [1.807, 2.05) is 67.7 Å². The first-order valence-corrected chi connectivity index (χ1v) is 9.86. The number of carbonyl (C=O) groups is 1. The molecule has 6 nitrogen and oxygen atoms in total. The minimum Gasteiger partial charge on any atom is -0.378 e. The van der Waals surface area contributed by atoms with Gasteiger partial charge in [0.1, 0.15) is 11.6 Å². The molecule has 0 bridgehead atoms. The maximum atomic E-state index is 12.9. The summed E-state index contributed by atoms with van der Waals surface area (Å²) in [5.74, 6) is -0.275. The molecule has 2 aromatic carbocycles. The first-order chi connectivity index (χ1) is 14.7. The molecule has 6 heteroatoms. The van der Waals surface area contributed by atoms with Crippen LogP contribution < -0.4 is 0 Å². The molecule has 0 N–H and O–H groups in total. The molecule has 1 aromatic heterocycles. The standard InChI is InChI=1S/C24H22N4O2/c1-18-7-9-19(10-8-18)23-21(17-28(26-23)22-5-3-2-4-6-22)15-20(16-25)24(29)27-11-13-30-14-12-27/h2-10,15,17H,11-14H2,1H3/b20-15+. The third-order valence-corrected chi connectivity index (χ3v) is 5.04. The summed E-state index contributed by atoms with van der Waals surface area (Å²) < 4.78 is 7.08. The number of hydrogen-bond acceptors (Lipinski definition) is 4. The van der Waals surface area contributed by atoms with E-state index in [0.717, 1.165) is 28.1 Å². The molecule has 2 heterocycles. The number of rotatable bonds is 4. The van der Waals surface area contributed by atoms with Crippen molar-refractivity contribution < 1.29 is 9.53 Å². The van der Waals surface area contributed by atoms with Crippen molar-refractivity contribution in [1.29, 1.82) is 5.26 Å². The van der Waals surface area contributed by atoms with Gasteiger partial charge in [-0.1, -0.05) is 48.0 Å². The second-order valence-electron chi connectivity index (χ2n) is 7.15. The van der Waals surface area contributed by atoms with Crippen molar-refractivity contribution in [2.75, 3.05) is 26.3 Å². The summed E-state index contributed by atoms with van der Waals surface area (Å²) in [6.07, 6.45) is 3.49. The smallest absolute Gasteiger partial charge is 0.264 e. The molecule has 1 aliphatic heterocycles. The fourth-order valence-electron chi connectivity index (χ4n) is 3.38.